The van der Waals surface area contributed by atoms with Gasteiger partial charge in [-0.25, -0.2) is 4.39 Å². The average Bonchev–Trinajstić information content (AvgIpc) is 2.52. The van der Waals surface area contributed by atoms with Crippen LogP contribution in [0.3, 0.4) is 0 Å². The van der Waals surface area contributed by atoms with Gasteiger partial charge in [-0.05, 0) is 63.6 Å². The number of anilines is 2. The molecule has 4 nitrogen and oxygen atoms in total. The van der Waals surface area contributed by atoms with E-state index in [1.807, 2.05) is 32.0 Å². The molecule has 0 aliphatic heterocycles. The topological polar surface area (TPSA) is 58.2 Å². The summed E-state index contributed by atoms with van der Waals surface area (Å²) >= 11 is 0. The van der Waals surface area contributed by atoms with Gasteiger partial charge in [-0.3, -0.25) is 9.59 Å². The zero-order valence-electron chi connectivity index (χ0n) is 14.2. The number of rotatable bonds is 4. The fourth-order valence-corrected chi connectivity index (χ4v) is 2.16. The first-order chi connectivity index (χ1) is 11.2. The van der Waals surface area contributed by atoms with Gasteiger partial charge in [0.05, 0.1) is 0 Å². The monoisotopic (exact) mass is 328 g/mol. The van der Waals surface area contributed by atoms with Crippen molar-refractivity contribution in [2.45, 2.75) is 27.7 Å². The summed E-state index contributed by atoms with van der Waals surface area (Å²) in [6, 6.07) is 11.1. The fraction of sp³-hybridized carbons (Fsp3) is 0.263. The predicted molar refractivity (Wildman–Crippen MR) is 93.4 cm³/mol. The lowest BCUT2D eigenvalue weighted by molar-refractivity contribution is -0.135. The third-order valence-electron chi connectivity index (χ3n) is 3.87. The van der Waals surface area contributed by atoms with Crippen molar-refractivity contribution < 1.29 is 14.0 Å². The second-order valence-corrected chi connectivity index (χ2v) is 6.36. The third-order valence-corrected chi connectivity index (χ3v) is 3.87. The van der Waals surface area contributed by atoms with Crippen molar-refractivity contribution in [3.8, 4) is 0 Å². The van der Waals surface area contributed by atoms with Crippen molar-refractivity contribution in [2.75, 3.05) is 10.6 Å². The van der Waals surface area contributed by atoms with Crippen LogP contribution in [0.25, 0.3) is 0 Å². The lowest BCUT2D eigenvalue weighted by Crippen LogP contribution is -2.41. The molecule has 2 amide bonds. The molecular weight excluding hydrogens is 307 g/mol. The van der Waals surface area contributed by atoms with Crippen LogP contribution in [0.15, 0.2) is 42.5 Å². The molecule has 0 radical (unpaired) electrons. The molecule has 2 aromatic carbocycles. The molecule has 0 fully saturated rings. The minimum absolute atomic E-state index is 0.389. The Balaban J connectivity index is 2.11. The zero-order chi connectivity index (χ0) is 17.9. The van der Waals surface area contributed by atoms with Gasteiger partial charge in [0.15, 0.2) is 0 Å². The van der Waals surface area contributed by atoms with E-state index < -0.39 is 17.2 Å². The van der Waals surface area contributed by atoms with Crippen LogP contribution in [0.4, 0.5) is 15.8 Å². The normalized spacial score (nSPS) is 11.0. The van der Waals surface area contributed by atoms with Crippen molar-refractivity contribution in [2.24, 2.45) is 5.41 Å². The molecule has 126 valence electrons. The first kappa shape index (κ1) is 17.7. The van der Waals surface area contributed by atoms with Crippen molar-refractivity contribution >= 4 is 23.2 Å². The Bertz CT molecular complexity index is 767. The second-order valence-electron chi connectivity index (χ2n) is 6.36. The number of carbonyl (C=O) groups excluding carboxylic acids is 2. The first-order valence-electron chi connectivity index (χ1n) is 7.66. The number of benzene rings is 2. The van der Waals surface area contributed by atoms with Gasteiger partial charge in [0.25, 0.3) is 0 Å². The molecule has 0 unspecified atom stereocenters. The molecular formula is C19H21FN2O2. The van der Waals surface area contributed by atoms with Crippen LogP contribution in [-0.4, -0.2) is 11.8 Å². The quantitative estimate of drug-likeness (QED) is 0.832. The van der Waals surface area contributed by atoms with Crippen LogP contribution in [0.1, 0.15) is 25.0 Å². The summed E-state index contributed by atoms with van der Waals surface area (Å²) in [5.41, 5.74) is 1.85. The second kappa shape index (κ2) is 6.83. The molecule has 2 rings (SSSR count). The Morgan fingerprint density at radius 3 is 2.08 bits per heavy atom. The van der Waals surface area contributed by atoms with Crippen LogP contribution in [0.2, 0.25) is 0 Å². The molecule has 0 saturated heterocycles. The van der Waals surface area contributed by atoms with E-state index in [-0.39, 0.29) is 5.82 Å². The van der Waals surface area contributed by atoms with E-state index in [1.54, 1.807) is 13.8 Å². The van der Waals surface area contributed by atoms with E-state index in [2.05, 4.69) is 10.6 Å². The van der Waals surface area contributed by atoms with Gasteiger partial charge in [0, 0.05) is 11.4 Å². The van der Waals surface area contributed by atoms with Crippen molar-refractivity contribution in [3.63, 3.8) is 0 Å². The van der Waals surface area contributed by atoms with Gasteiger partial charge in [0.2, 0.25) is 11.8 Å². The van der Waals surface area contributed by atoms with Crippen molar-refractivity contribution in [1.82, 2.24) is 0 Å². The van der Waals surface area contributed by atoms with E-state index in [4.69, 9.17) is 0 Å². The highest BCUT2D eigenvalue weighted by Crippen LogP contribution is 2.23. The largest absolute Gasteiger partial charge is 0.325 e. The van der Waals surface area contributed by atoms with E-state index in [9.17, 15) is 14.0 Å². The Hall–Kier alpha value is -2.69. The number of amides is 2. The maximum absolute atomic E-state index is 12.9. The van der Waals surface area contributed by atoms with Crippen LogP contribution in [0.5, 0.6) is 0 Å². The highest BCUT2D eigenvalue weighted by molar-refractivity contribution is 6.14. The van der Waals surface area contributed by atoms with Crippen LogP contribution >= 0.6 is 0 Å². The molecule has 0 bridgehead atoms. The molecule has 0 heterocycles. The molecule has 0 atom stereocenters. The number of nitrogens with one attached hydrogen (secondary N) is 2. The van der Waals surface area contributed by atoms with Gasteiger partial charge >= 0.3 is 0 Å². The molecule has 24 heavy (non-hydrogen) atoms. The highest BCUT2D eigenvalue weighted by atomic mass is 19.1. The number of aryl methyl sites for hydroxylation is 2. The van der Waals surface area contributed by atoms with Gasteiger partial charge in [-0.15, -0.1) is 0 Å². The average molecular weight is 328 g/mol. The Morgan fingerprint density at radius 2 is 1.50 bits per heavy atom. The number of hydrogen-bond acceptors (Lipinski definition) is 2. The SMILES string of the molecule is Cc1ccc(NC(=O)C(C)(C)C(=O)Nc2ccc(F)cc2)c(C)c1. The molecule has 2 N–H and O–H groups in total. The Kier molecular flexibility index (Phi) is 5.02. The standard InChI is InChI=1S/C19H21FN2O2/c1-12-5-10-16(13(2)11-12)22-18(24)19(3,4)17(23)21-15-8-6-14(20)7-9-15/h5-11H,1-4H3,(H,21,23)(H,22,24). The van der Waals surface area contributed by atoms with Crippen LogP contribution in [-0.2, 0) is 9.59 Å². The Labute approximate surface area is 141 Å². The van der Waals surface area contributed by atoms with Gasteiger partial charge in [-0.2, -0.15) is 0 Å². The van der Waals surface area contributed by atoms with Crippen LogP contribution < -0.4 is 10.6 Å². The van der Waals surface area contributed by atoms with Crippen molar-refractivity contribution in [1.29, 1.82) is 0 Å². The summed E-state index contributed by atoms with van der Waals surface area (Å²) in [4.78, 5) is 24.9. The maximum Gasteiger partial charge on any atom is 0.239 e. The Morgan fingerprint density at radius 1 is 0.917 bits per heavy atom. The van der Waals surface area contributed by atoms with E-state index in [0.717, 1.165) is 11.1 Å². The van der Waals surface area contributed by atoms with Crippen LogP contribution in [0, 0.1) is 25.1 Å². The van der Waals surface area contributed by atoms with Gasteiger partial charge in [-0.1, -0.05) is 17.7 Å². The lowest BCUT2D eigenvalue weighted by Gasteiger charge is -2.23. The van der Waals surface area contributed by atoms with E-state index in [1.165, 1.54) is 24.3 Å². The minimum atomic E-state index is -1.29. The summed E-state index contributed by atoms with van der Waals surface area (Å²) < 4.78 is 12.9. The summed E-state index contributed by atoms with van der Waals surface area (Å²) in [5, 5.41) is 5.43. The van der Waals surface area contributed by atoms with Gasteiger partial charge in [0.1, 0.15) is 11.2 Å². The van der Waals surface area contributed by atoms with Crippen molar-refractivity contribution in [3.05, 3.63) is 59.4 Å². The summed E-state index contributed by atoms with van der Waals surface area (Å²) in [6.45, 7) is 6.96. The maximum atomic E-state index is 12.9. The molecule has 0 saturated carbocycles. The highest BCUT2D eigenvalue weighted by Gasteiger charge is 2.36. The van der Waals surface area contributed by atoms with E-state index in [0.29, 0.717) is 11.4 Å². The smallest absolute Gasteiger partial charge is 0.239 e. The number of carbonyl (C=O) groups is 2. The minimum Gasteiger partial charge on any atom is -0.325 e. The lowest BCUT2D eigenvalue weighted by atomic mass is 9.90. The molecule has 5 heteroatoms. The summed E-state index contributed by atoms with van der Waals surface area (Å²) in [5.74, 6) is -1.26. The third kappa shape index (κ3) is 3.98. The number of hydrogen-bond donors (Lipinski definition) is 2. The first-order valence-corrected chi connectivity index (χ1v) is 7.66. The summed E-state index contributed by atoms with van der Waals surface area (Å²) in [7, 11) is 0. The fourth-order valence-electron chi connectivity index (χ4n) is 2.16. The van der Waals surface area contributed by atoms with Gasteiger partial charge < -0.3 is 10.6 Å². The molecule has 0 aliphatic carbocycles. The zero-order valence-corrected chi connectivity index (χ0v) is 14.2. The van der Waals surface area contributed by atoms with E-state index >= 15 is 0 Å². The number of halogens is 1. The molecule has 2 aromatic rings. The molecule has 0 spiro atoms. The molecule has 0 aliphatic rings. The predicted octanol–water partition coefficient (Wildman–Crippen LogP) is 4.05. The summed E-state index contributed by atoms with van der Waals surface area (Å²) in [6.07, 6.45) is 0. The molecule has 0 aromatic heterocycles.